The number of aliphatic hydroxyl groups is 4. The number of hydrazine groups is 1. The van der Waals surface area contributed by atoms with Crippen LogP contribution in [0.2, 0.25) is 0 Å². The first-order valence-electron chi connectivity index (χ1n) is 14.2. The molecule has 3 amide bonds. The molecular weight excluding hydrogens is 602 g/mol. The van der Waals surface area contributed by atoms with Crippen LogP contribution in [0.4, 0.5) is 0 Å². The number of ether oxygens (including phenoxy) is 1. The van der Waals surface area contributed by atoms with Crippen LogP contribution < -0.4 is 22.2 Å². The van der Waals surface area contributed by atoms with Gasteiger partial charge in [-0.1, -0.05) is 6.42 Å². The highest BCUT2D eigenvalue weighted by Gasteiger charge is 2.45. The summed E-state index contributed by atoms with van der Waals surface area (Å²) in [5.74, 6) is 3.74. The summed E-state index contributed by atoms with van der Waals surface area (Å²) < 4.78 is 5.31. The summed E-state index contributed by atoms with van der Waals surface area (Å²) in [6.45, 7) is -1.34. The van der Waals surface area contributed by atoms with Gasteiger partial charge in [-0.3, -0.25) is 24.3 Å². The zero-order valence-corrected chi connectivity index (χ0v) is 25.2. The normalized spacial score (nSPS) is 21.5. The molecule has 256 valence electrons. The van der Waals surface area contributed by atoms with Gasteiger partial charge in [-0.25, -0.2) is 10.6 Å². The van der Waals surface area contributed by atoms with E-state index in [1.165, 1.54) is 11.9 Å². The van der Waals surface area contributed by atoms with Crippen LogP contribution in [0.1, 0.15) is 38.5 Å². The van der Waals surface area contributed by atoms with Crippen molar-refractivity contribution < 1.29 is 58.8 Å². The molecule has 0 radical (unpaired) electrons. The van der Waals surface area contributed by atoms with Crippen molar-refractivity contribution in [3.8, 4) is 0 Å². The number of nitrogens with zero attached hydrogens (tertiary/aromatic N) is 3. The minimum Gasteiger partial charge on any atom is -0.399 e. The monoisotopic (exact) mass is 647 g/mol. The molecule has 45 heavy (non-hydrogen) atoms. The third kappa shape index (κ3) is 14.7. The van der Waals surface area contributed by atoms with Crippen molar-refractivity contribution in [1.29, 1.82) is 0 Å². The Morgan fingerprint density at radius 2 is 1.60 bits per heavy atom. The van der Waals surface area contributed by atoms with Crippen molar-refractivity contribution in [2.75, 3.05) is 46.4 Å². The highest BCUT2D eigenvalue weighted by atomic mass is 16.7. The SMILES string of the molecule is CN(OC(=O)CCCCCNC(=O)CN(CC=O)CC(=O)NC/C(N)=C/N(N)[C@H]1OC(CO)[C@@H](O)C(O)C1O)C(=O)CCC=O. The Morgan fingerprint density at radius 1 is 0.933 bits per heavy atom. The predicted molar refractivity (Wildman–Crippen MR) is 153 cm³/mol. The zero-order valence-electron chi connectivity index (χ0n) is 25.2. The first-order valence-corrected chi connectivity index (χ1v) is 14.2. The lowest BCUT2D eigenvalue weighted by atomic mass is 9.98. The zero-order chi connectivity index (χ0) is 33.9. The first-order chi connectivity index (χ1) is 21.3. The summed E-state index contributed by atoms with van der Waals surface area (Å²) in [4.78, 5) is 75.7. The molecule has 0 bridgehead atoms. The number of amides is 3. The molecule has 10 N–H and O–H groups in total. The fraction of sp³-hybridized carbons (Fsp3) is 0.692. The second kappa shape index (κ2) is 21.1. The number of hydroxylamine groups is 2. The van der Waals surface area contributed by atoms with Gasteiger partial charge in [0.25, 0.3) is 5.91 Å². The van der Waals surface area contributed by atoms with Crippen molar-refractivity contribution in [3.05, 3.63) is 11.9 Å². The van der Waals surface area contributed by atoms with Gasteiger partial charge in [0.1, 0.15) is 37.0 Å². The maximum absolute atomic E-state index is 12.4. The molecule has 0 aliphatic carbocycles. The summed E-state index contributed by atoms with van der Waals surface area (Å²) in [6.07, 6.45) is -3.56. The fourth-order valence-electron chi connectivity index (χ4n) is 4.04. The molecule has 19 nitrogen and oxygen atoms in total. The van der Waals surface area contributed by atoms with E-state index in [0.717, 1.165) is 16.3 Å². The van der Waals surface area contributed by atoms with E-state index in [2.05, 4.69) is 10.6 Å². The van der Waals surface area contributed by atoms with Crippen molar-refractivity contribution >= 4 is 36.3 Å². The van der Waals surface area contributed by atoms with Gasteiger partial charge in [0.15, 0.2) is 6.23 Å². The molecule has 1 rings (SSSR count). The largest absolute Gasteiger partial charge is 0.399 e. The van der Waals surface area contributed by atoms with E-state index in [4.69, 9.17) is 21.2 Å². The number of rotatable bonds is 20. The van der Waals surface area contributed by atoms with Crippen LogP contribution in [0, 0.1) is 0 Å². The molecule has 0 saturated carbocycles. The van der Waals surface area contributed by atoms with Crippen LogP contribution in [-0.2, 0) is 38.3 Å². The number of aliphatic hydroxyl groups excluding tert-OH is 4. The molecule has 3 unspecified atom stereocenters. The molecule has 5 atom stereocenters. The second-order valence-electron chi connectivity index (χ2n) is 10.2. The number of unbranched alkanes of at least 4 members (excludes halogenated alkanes) is 2. The Hall–Kier alpha value is -3.72. The summed E-state index contributed by atoms with van der Waals surface area (Å²) >= 11 is 0. The molecule has 1 aliphatic rings. The summed E-state index contributed by atoms with van der Waals surface area (Å²) in [5, 5.41) is 46.0. The highest BCUT2D eigenvalue weighted by molar-refractivity contribution is 5.82. The number of nitrogens with two attached hydrogens (primary N) is 2. The van der Waals surface area contributed by atoms with Crippen LogP contribution in [0.15, 0.2) is 11.9 Å². The van der Waals surface area contributed by atoms with Gasteiger partial charge in [-0.2, -0.15) is 5.06 Å². The Labute approximate surface area is 260 Å². The first kappa shape index (κ1) is 39.3. The van der Waals surface area contributed by atoms with Crippen molar-refractivity contribution in [2.45, 2.75) is 69.2 Å². The average molecular weight is 648 g/mol. The number of hydrogen-bond donors (Lipinski definition) is 8. The van der Waals surface area contributed by atoms with E-state index in [0.29, 0.717) is 31.8 Å². The van der Waals surface area contributed by atoms with Crippen molar-refractivity contribution in [3.63, 3.8) is 0 Å². The van der Waals surface area contributed by atoms with Crippen LogP contribution in [0.25, 0.3) is 0 Å². The smallest absolute Gasteiger partial charge is 0.332 e. The molecule has 0 aromatic heterocycles. The summed E-state index contributed by atoms with van der Waals surface area (Å²) in [6, 6.07) is 0. The maximum atomic E-state index is 12.4. The molecule has 1 heterocycles. The van der Waals surface area contributed by atoms with E-state index in [1.807, 2.05) is 0 Å². The number of aldehydes is 2. The lowest BCUT2D eigenvalue weighted by Gasteiger charge is -2.42. The molecule has 0 aromatic carbocycles. The van der Waals surface area contributed by atoms with Gasteiger partial charge in [0.2, 0.25) is 11.8 Å². The number of carbonyl (C=O) groups excluding carboxylic acids is 6. The quantitative estimate of drug-likeness (QED) is 0.0265. The third-order valence-electron chi connectivity index (χ3n) is 6.48. The van der Waals surface area contributed by atoms with Gasteiger partial charge >= 0.3 is 5.97 Å². The lowest BCUT2D eigenvalue weighted by Crippen LogP contribution is -2.63. The van der Waals surface area contributed by atoms with E-state index < -0.39 is 60.9 Å². The van der Waals surface area contributed by atoms with Crippen molar-refractivity contribution in [1.82, 2.24) is 25.6 Å². The van der Waals surface area contributed by atoms with Gasteiger partial charge in [-0.05, 0) is 12.8 Å². The Kier molecular flexibility index (Phi) is 18.4. The number of hydrogen-bond acceptors (Lipinski definition) is 16. The standard InChI is InChI=1S/C26H45N7O12/c1-31(21(39)6-5-10-34)45-22(40)7-3-2-4-8-29-19(37)14-32(9-11-35)15-20(38)30-12-17(27)13-33(28)26-25(43)24(42)23(41)18(16-36)44-26/h10-11,13,18,23-26,36,41-43H,2-9,12,14-16,27-28H2,1H3,(H,29,37)(H,30,38)/b17-13-/t18?,23-,24?,25?,26+/m1/s1. The minimum absolute atomic E-state index is 0.00542. The Balaban J connectivity index is 2.38. The molecule has 1 saturated heterocycles. The lowest BCUT2D eigenvalue weighted by molar-refractivity contribution is -0.259. The molecule has 1 fully saturated rings. The summed E-state index contributed by atoms with van der Waals surface area (Å²) in [7, 11) is 1.29. The molecular formula is C26H45N7O12. The average Bonchev–Trinajstić information content (AvgIpc) is 2.99. The van der Waals surface area contributed by atoms with Gasteiger partial charge in [0.05, 0.1) is 32.8 Å². The molecule has 0 aromatic rings. The minimum atomic E-state index is -1.65. The van der Waals surface area contributed by atoms with Gasteiger partial charge in [0, 0.05) is 44.8 Å². The molecule has 1 aliphatic heterocycles. The number of carbonyl (C=O) groups is 6. The van der Waals surface area contributed by atoms with Crippen LogP contribution in [-0.4, -0.2) is 149 Å². The number of nitrogens with one attached hydrogen (secondary N) is 2. The van der Waals surface area contributed by atoms with E-state index in [-0.39, 0.29) is 57.7 Å². The van der Waals surface area contributed by atoms with Crippen LogP contribution in [0.5, 0.6) is 0 Å². The Bertz CT molecular complexity index is 1010. The van der Waals surface area contributed by atoms with Crippen LogP contribution in [0.3, 0.4) is 0 Å². The highest BCUT2D eigenvalue weighted by Crippen LogP contribution is 2.22. The van der Waals surface area contributed by atoms with E-state index in [1.54, 1.807) is 0 Å². The predicted octanol–water partition coefficient (Wildman–Crippen LogP) is -5.05. The van der Waals surface area contributed by atoms with Gasteiger partial charge < -0.3 is 56.0 Å². The van der Waals surface area contributed by atoms with Crippen LogP contribution >= 0.6 is 0 Å². The fourth-order valence-corrected chi connectivity index (χ4v) is 4.04. The van der Waals surface area contributed by atoms with E-state index in [9.17, 15) is 49.2 Å². The second-order valence-corrected chi connectivity index (χ2v) is 10.2. The van der Waals surface area contributed by atoms with Gasteiger partial charge in [-0.15, -0.1) is 0 Å². The third-order valence-corrected chi connectivity index (χ3v) is 6.48. The Morgan fingerprint density at radius 3 is 2.22 bits per heavy atom. The molecule has 0 spiro atoms. The maximum Gasteiger partial charge on any atom is 0.332 e. The summed E-state index contributed by atoms with van der Waals surface area (Å²) in [5.41, 5.74) is 5.88. The molecule has 19 heteroatoms. The van der Waals surface area contributed by atoms with E-state index >= 15 is 0 Å². The topological polar surface area (TPSA) is 288 Å². The van der Waals surface area contributed by atoms with Crippen molar-refractivity contribution in [2.24, 2.45) is 11.6 Å².